The molecule has 4 N–H and O–H groups in total. The first kappa shape index (κ1) is 19.7. The molecule has 148 valence electrons. The van der Waals surface area contributed by atoms with Crippen LogP contribution in [-0.2, 0) is 11.0 Å². The molecule has 0 spiro atoms. The van der Waals surface area contributed by atoms with E-state index in [-0.39, 0.29) is 11.8 Å². The molecule has 1 aliphatic heterocycles. The van der Waals surface area contributed by atoms with E-state index in [2.05, 4.69) is 10.3 Å². The number of carbonyl (C=O) groups excluding carboxylic acids is 2. The first-order chi connectivity index (χ1) is 13.2. The Morgan fingerprint density at radius 2 is 1.71 bits per heavy atom. The number of benzene rings is 1. The smallest absolute Gasteiger partial charge is 0.366 e. The largest absolute Gasteiger partial charge is 0.419 e. The maximum Gasteiger partial charge on any atom is 0.419 e. The van der Waals surface area contributed by atoms with Crippen molar-refractivity contribution in [3.63, 3.8) is 0 Å². The van der Waals surface area contributed by atoms with Gasteiger partial charge in [-0.3, -0.25) is 14.5 Å². The Labute approximate surface area is 159 Å². The second-order valence-corrected chi connectivity index (χ2v) is 6.65. The molecule has 1 aromatic carbocycles. The topological polar surface area (TPSA) is 89.6 Å². The molecule has 1 saturated heterocycles. The molecule has 2 heterocycles. The lowest BCUT2D eigenvalue weighted by atomic mass is 9.95. The van der Waals surface area contributed by atoms with E-state index in [0.29, 0.717) is 43.0 Å². The number of H-pyrrole nitrogens is 1. The van der Waals surface area contributed by atoms with Crippen LogP contribution in [0.15, 0.2) is 42.6 Å². The predicted octanol–water partition coefficient (Wildman–Crippen LogP) is 2.47. The average Bonchev–Trinajstić information content (AvgIpc) is 2.68. The first-order valence-corrected chi connectivity index (χ1v) is 8.78. The lowest BCUT2D eigenvalue weighted by Gasteiger charge is -2.27. The molecule has 6 nitrogen and oxygen atoms in total. The molecule has 0 bridgehead atoms. The van der Waals surface area contributed by atoms with Gasteiger partial charge >= 0.3 is 6.18 Å². The van der Waals surface area contributed by atoms with E-state index in [1.807, 2.05) is 4.90 Å². The van der Waals surface area contributed by atoms with Crippen LogP contribution >= 0.6 is 0 Å². The Hall–Kier alpha value is -3.10. The lowest BCUT2D eigenvalue weighted by Crippen LogP contribution is -2.40. The molecule has 1 aromatic heterocycles. The third-order valence-corrected chi connectivity index (χ3v) is 4.77. The quantitative estimate of drug-likeness (QED) is 0.836. The third-order valence-electron chi connectivity index (χ3n) is 4.77. The van der Waals surface area contributed by atoms with Gasteiger partial charge in [0, 0.05) is 23.2 Å². The van der Waals surface area contributed by atoms with Gasteiger partial charge < -0.3 is 11.1 Å². The van der Waals surface area contributed by atoms with Crippen LogP contribution in [0.2, 0.25) is 0 Å². The maximum absolute atomic E-state index is 12.6. The van der Waals surface area contributed by atoms with Gasteiger partial charge in [-0.15, -0.1) is 0 Å². The summed E-state index contributed by atoms with van der Waals surface area (Å²) >= 11 is 0. The molecule has 9 heteroatoms. The number of anilines is 2. The van der Waals surface area contributed by atoms with Gasteiger partial charge in [-0.05, 0) is 43.2 Å². The second-order valence-electron chi connectivity index (χ2n) is 6.65. The zero-order chi connectivity index (χ0) is 20.3. The van der Waals surface area contributed by atoms with Crippen LogP contribution in [-0.4, -0.2) is 24.9 Å². The van der Waals surface area contributed by atoms with Gasteiger partial charge in [-0.25, -0.2) is 4.98 Å². The number of hydrogen-bond donors (Lipinski definition) is 2. The minimum absolute atomic E-state index is 0.122. The monoisotopic (exact) mass is 393 g/mol. The highest BCUT2D eigenvalue weighted by Gasteiger charge is 2.33. The van der Waals surface area contributed by atoms with Gasteiger partial charge in [0.15, 0.2) is 0 Å². The molecule has 2 aromatic rings. The van der Waals surface area contributed by atoms with Crippen LogP contribution in [0.5, 0.6) is 0 Å². The lowest BCUT2D eigenvalue weighted by molar-refractivity contribution is -0.367. The van der Waals surface area contributed by atoms with Crippen molar-refractivity contribution in [3.8, 4) is 0 Å². The predicted molar refractivity (Wildman–Crippen MR) is 96.5 cm³/mol. The molecule has 0 unspecified atom stereocenters. The fourth-order valence-electron chi connectivity index (χ4n) is 3.13. The molecule has 28 heavy (non-hydrogen) atoms. The van der Waals surface area contributed by atoms with E-state index in [9.17, 15) is 22.8 Å². The third kappa shape index (κ3) is 4.59. The fraction of sp³-hybridized carbons (Fsp3) is 0.316. The van der Waals surface area contributed by atoms with Gasteiger partial charge in [-0.1, -0.05) is 0 Å². The van der Waals surface area contributed by atoms with Crippen LogP contribution in [0.25, 0.3) is 0 Å². The molecule has 3 rings (SSSR count). The van der Waals surface area contributed by atoms with E-state index in [4.69, 9.17) is 5.73 Å². The van der Waals surface area contributed by atoms with E-state index < -0.39 is 17.6 Å². The summed E-state index contributed by atoms with van der Waals surface area (Å²) in [6, 6.07) is 8.76. The highest BCUT2D eigenvalue weighted by atomic mass is 19.4. The Kier molecular flexibility index (Phi) is 5.53. The van der Waals surface area contributed by atoms with Gasteiger partial charge in [-0.2, -0.15) is 13.2 Å². The van der Waals surface area contributed by atoms with Gasteiger partial charge in [0.1, 0.15) is 6.20 Å². The van der Waals surface area contributed by atoms with E-state index in [0.717, 1.165) is 12.3 Å². The number of nitrogens with two attached hydrogens (primary N) is 1. The van der Waals surface area contributed by atoms with Gasteiger partial charge in [0.25, 0.3) is 5.82 Å². The van der Waals surface area contributed by atoms with Crippen LogP contribution < -0.4 is 20.9 Å². The minimum atomic E-state index is -4.38. The van der Waals surface area contributed by atoms with Crippen molar-refractivity contribution in [1.29, 1.82) is 0 Å². The molecule has 0 radical (unpaired) electrons. The Morgan fingerprint density at radius 1 is 1.07 bits per heavy atom. The van der Waals surface area contributed by atoms with Crippen molar-refractivity contribution in [2.24, 2.45) is 11.7 Å². The molecule has 0 aliphatic carbocycles. The van der Waals surface area contributed by atoms with Gasteiger partial charge in [0.2, 0.25) is 11.8 Å². The Bertz CT molecular complexity index is 843. The number of carbonyl (C=O) groups is 2. The molecular weight excluding hydrogens is 373 g/mol. The van der Waals surface area contributed by atoms with E-state index in [1.54, 1.807) is 24.3 Å². The average molecular weight is 393 g/mol. The highest BCUT2D eigenvalue weighted by molar-refractivity contribution is 5.95. The SMILES string of the molecule is NC(=O)c1ccc(NC(=O)C2CCN(c3ccc(C(F)(F)F)c[nH+]3)CC2)cc1. The number of halogens is 3. The zero-order valence-electron chi connectivity index (χ0n) is 14.9. The Morgan fingerprint density at radius 3 is 2.21 bits per heavy atom. The van der Waals surface area contributed by atoms with Crippen molar-refractivity contribution in [1.82, 2.24) is 0 Å². The molecule has 2 amide bonds. The summed E-state index contributed by atoms with van der Waals surface area (Å²) < 4.78 is 37.9. The van der Waals surface area contributed by atoms with E-state index >= 15 is 0 Å². The summed E-state index contributed by atoms with van der Waals surface area (Å²) in [5, 5.41) is 2.81. The number of piperidine rings is 1. The van der Waals surface area contributed by atoms with Crippen molar-refractivity contribution < 1.29 is 27.7 Å². The summed E-state index contributed by atoms with van der Waals surface area (Å²) in [7, 11) is 0. The molecule has 0 saturated carbocycles. The maximum atomic E-state index is 12.6. The van der Waals surface area contributed by atoms with Crippen LogP contribution in [0.3, 0.4) is 0 Å². The number of aromatic amines is 1. The van der Waals surface area contributed by atoms with Crippen molar-refractivity contribution in [2.45, 2.75) is 19.0 Å². The molecule has 1 aliphatic rings. The number of amides is 2. The van der Waals surface area contributed by atoms with Crippen LogP contribution in [0.1, 0.15) is 28.8 Å². The molecular formula is C19H20F3N4O2+. The fourth-order valence-corrected chi connectivity index (χ4v) is 3.13. The number of hydrogen-bond acceptors (Lipinski definition) is 3. The Balaban J connectivity index is 1.54. The second kappa shape index (κ2) is 7.87. The number of rotatable bonds is 4. The number of primary amides is 1. The summed E-state index contributed by atoms with van der Waals surface area (Å²) in [6.07, 6.45) is -2.26. The number of nitrogens with one attached hydrogen (secondary N) is 2. The zero-order valence-corrected chi connectivity index (χ0v) is 14.9. The van der Waals surface area contributed by atoms with Crippen molar-refractivity contribution >= 4 is 23.3 Å². The van der Waals surface area contributed by atoms with Crippen molar-refractivity contribution in [3.05, 3.63) is 53.7 Å². The highest BCUT2D eigenvalue weighted by Crippen LogP contribution is 2.29. The van der Waals surface area contributed by atoms with Crippen LogP contribution in [0.4, 0.5) is 24.7 Å². The van der Waals surface area contributed by atoms with E-state index in [1.165, 1.54) is 6.07 Å². The number of nitrogens with zero attached hydrogens (tertiary/aromatic N) is 1. The summed E-state index contributed by atoms with van der Waals surface area (Å²) in [6.45, 7) is 1.11. The van der Waals surface area contributed by atoms with Crippen molar-refractivity contribution in [2.75, 3.05) is 23.3 Å². The standard InChI is InChI=1S/C19H19F3N4O2/c20-19(21,22)14-3-6-16(24-11-14)26-9-7-13(8-10-26)18(28)25-15-4-1-12(2-5-15)17(23)27/h1-6,11,13H,7-10H2,(H2,23,27)(H,25,28)/p+1. The van der Waals surface area contributed by atoms with Gasteiger partial charge in [0.05, 0.1) is 18.7 Å². The normalized spacial score (nSPS) is 15.3. The number of pyridine rings is 1. The molecule has 0 atom stereocenters. The minimum Gasteiger partial charge on any atom is -0.366 e. The summed E-state index contributed by atoms with van der Waals surface area (Å²) in [5.74, 6) is -0.261. The first-order valence-electron chi connectivity index (χ1n) is 8.78. The number of alkyl halides is 3. The summed E-state index contributed by atoms with van der Waals surface area (Å²) in [5.41, 5.74) is 5.39. The van der Waals surface area contributed by atoms with Crippen LogP contribution in [0, 0.1) is 5.92 Å². The summed E-state index contributed by atoms with van der Waals surface area (Å²) in [4.78, 5) is 28.1. The number of aromatic nitrogens is 1. The molecule has 1 fully saturated rings.